The molecule has 0 aromatic carbocycles. The van der Waals surface area contributed by atoms with E-state index < -0.39 is 5.54 Å². The Hall–Kier alpha value is -0.360. The van der Waals surface area contributed by atoms with Crippen LogP contribution in [-0.2, 0) is 9.59 Å². The van der Waals surface area contributed by atoms with Crippen molar-refractivity contribution in [2.75, 3.05) is 23.8 Å². The minimum Gasteiger partial charge on any atom is -0.340 e. The third kappa shape index (κ3) is 3.11. The molecule has 3 atom stereocenters. The van der Waals surface area contributed by atoms with E-state index >= 15 is 0 Å². The van der Waals surface area contributed by atoms with E-state index in [0.717, 1.165) is 11.5 Å². The number of nitrogens with zero attached hydrogens (tertiary/aromatic N) is 1. The third-order valence-electron chi connectivity index (χ3n) is 4.19. The van der Waals surface area contributed by atoms with Gasteiger partial charge in [0.2, 0.25) is 11.8 Å². The van der Waals surface area contributed by atoms with Crippen LogP contribution in [0.25, 0.3) is 0 Å². The molecule has 114 valence electrons. The molecule has 0 spiro atoms. The monoisotopic (exact) mass is 316 g/mol. The molecule has 0 aliphatic carbocycles. The maximum absolute atomic E-state index is 12.8. The maximum Gasteiger partial charge on any atom is 0.248 e. The average molecular weight is 316 g/mol. The van der Waals surface area contributed by atoms with Crippen molar-refractivity contribution in [3.8, 4) is 0 Å². The topological polar surface area (TPSA) is 49.4 Å². The number of hydrogen-bond acceptors (Lipinski definition) is 4. The zero-order chi connectivity index (χ0) is 14.8. The molecule has 1 N–H and O–H groups in total. The molecular formula is C14H24N2O2S2. The summed E-state index contributed by atoms with van der Waals surface area (Å²) in [6.45, 7) is 6.47. The molecule has 0 radical (unpaired) electrons. The highest BCUT2D eigenvalue weighted by atomic mass is 32.2. The highest BCUT2D eigenvalue weighted by Gasteiger charge is 2.46. The van der Waals surface area contributed by atoms with Crippen molar-refractivity contribution in [3.63, 3.8) is 0 Å². The van der Waals surface area contributed by atoms with Gasteiger partial charge in [-0.15, -0.1) is 0 Å². The van der Waals surface area contributed by atoms with Crippen LogP contribution in [0.1, 0.15) is 33.6 Å². The minimum absolute atomic E-state index is 0.00455. The van der Waals surface area contributed by atoms with Gasteiger partial charge in [-0.1, -0.05) is 13.8 Å². The van der Waals surface area contributed by atoms with Gasteiger partial charge in [-0.3, -0.25) is 9.59 Å². The molecule has 2 aliphatic rings. The SMILES string of the molecule is CCC1C(=O)NC(C)(CC)C(=O)N1CC1CSCCS1. The predicted molar refractivity (Wildman–Crippen MR) is 86.2 cm³/mol. The number of amides is 2. The summed E-state index contributed by atoms with van der Waals surface area (Å²) in [7, 11) is 0. The zero-order valence-corrected chi connectivity index (χ0v) is 14.1. The summed E-state index contributed by atoms with van der Waals surface area (Å²) in [4.78, 5) is 26.9. The van der Waals surface area contributed by atoms with Gasteiger partial charge >= 0.3 is 0 Å². The van der Waals surface area contributed by atoms with Gasteiger partial charge in [0, 0.05) is 29.1 Å². The fraction of sp³-hybridized carbons (Fsp3) is 0.857. The van der Waals surface area contributed by atoms with E-state index in [1.807, 2.05) is 49.2 Å². The average Bonchev–Trinajstić information content (AvgIpc) is 2.46. The van der Waals surface area contributed by atoms with Gasteiger partial charge in [0.1, 0.15) is 11.6 Å². The minimum atomic E-state index is -0.727. The number of nitrogens with one attached hydrogen (secondary N) is 1. The Morgan fingerprint density at radius 1 is 1.35 bits per heavy atom. The van der Waals surface area contributed by atoms with Crippen LogP contribution in [0.2, 0.25) is 0 Å². The molecule has 2 amide bonds. The first-order chi connectivity index (χ1) is 9.51. The predicted octanol–water partition coefficient (Wildman–Crippen LogP) is 1.74. The lowest BCUT2D eigenvalue weighted by Crippen LogP contribution is -2.69. The van der Waals surface area contributed by atoms with Crippen molar-refractivity contribution in [2.45, 2.75) is 50.4 Å². The molecule has 4 nitrogen and oxygen atoms in total. The van der Waals surface area contributed by atoms with E-state index in [1.165, 1.54) is 5.75 Å². The molecule has 2 fully saturated rings. The van der Waals surface area contributed by atoms with E-state index in [4.69, 9.17) is 0 Å². The second kappa shape index (κ2) is 6.60. The summed E-state index contributed by atoms with van der Waals surface area (Å²) in [5.74, 6) is 3.51. The number of thioether (sulfide) groups is 2. The third-order valence-corrected chi connectivity index (χ3v) is 7.02. The lowest BCUT2D eigenvalue weighted by molar-refractivity contribution is -0.154. The summed E-state index contributed by atoms with van der Waals surface area (Å²) < 4.78 is 0. The molecule has 2 heterocycles. The van der Waals surface area contributed by atoms with Crippen LogP contribution in [0.15, 0.2) is 0 Å². The van der Waals surface area contributed by atoms with Crippen molar-refractivity contribution in [3.05, 3.63) is 0 Å². The first-order valence-electron chi connectivity index (χ1n) is 7.34. The quantitative estimate of drug-likeness (QED) is 0.858. The molecule has 2 aliphatic heterocycles. The highest BCUT2D eigenvalue weighted by Crippen LogP contribution is 2.29. The Labute approximate surface area is 129 Å². The Bertz CT molecular complexity index is 385. The smallest absolute Gasteiger partial charge is 0.248 e. The van der Waals surface area contributed by atoms with Crippen molar-refractivity contribution in [2.24, 2.45) is 0 Å². The molecule has 3 unspecified atom stereocenters. The number of piperazine rings is 1. The number of carbonyl (C=O) groups is 2. The fourth-order valence-corrected chi connectivity index (χ4v) is 5.39. The number of carbonyl (C=O) groups excluding carboxylic acids is 2. The van der Waals surface area contributed by atoms with E-state index in [2.05, 4.69) is 5.32 Å². The van der Waals surface area contributed by atoms with Crippen molar-refractivity contribution < 1.29 is 9.59 Å². The molecule has 6 heteroatoms. The van der Waals surface area contributed by atoms with Gasteiger partial charge in [0.05, 0.1) is 0 Å². The lowest BCUT2D eigenvalue weighted by Gasteiger charge is -2.45. The van der Waals surface area contributed by atoms with E-state index in [0.29, 0.717) is 24.6 Å². The second-order valence-corrected chi connectivity index (χ2v) is 8.18. The Morgan fingerprint density at radius 2 is 2.10 bits per heavy atom. The number of rotatable bonds is 4. The van der Waals surface area contributed by atoms with E-state index in [1.54, 1.807) is 0 Å². The molecule has 2 saturated heterocycles. The molecule has 0 saturated carbocycles. The first kappa shape index (κ1) is 16.0. The molecular weight excluding hydrogens is 292 g/mol. The molecule has 0 aromatic heterocycles. The molecule has 0 aromatic rings. The zero-order valence-electron chi connectivity index (χ0n) is 12.5. The summed E-state index contributed by atoms with van der Waals surface area (Å²) in [5.41, 5.74) is -0.727. The van der Waals surface area contributed by atoms with Crippen LogP contribution in [0, 0.1) is 0 Å². The van der Waals surface area contributed by atoms with Gasteiger partial charge in [-0.2, -0.15) is 23.5 Å². The highest BCUT2D eigenvalue weighted by molar-refractivity contribution is 8.06. The van der Waals surface area contributed by atoms with Gasteiger partial charge in [-0.05, 0) is 19.8 Å². The van der Waals surface area contributed by atoms with E-state index in [-0.39, 0.29) is 17.9 Å². The van der Waals surface area contributed by atoms with Crippen LogP contribution in [0.3, 0.4) is 0 Å². The normalized spacial score (nSPS) is 35.0. The molecule has 20 heavy (non-hydrogen) atoms. The first-order valence-corrected chi connectivity index (χ1v) is 9.54. The van der Waals surface area contributed by atoms with Gasteiger partial charge in [0.25, 0.3) is 0 Å². The van der Waals surface area contributed by atoms with Crippen LogP contribution < -0.4 is 5.32 Å². The van der Waals surface area contributed by atoms with Crippen LogP contribution >= 0.6 is 23.5 Å². The van der Waals surface area contributed by atoms with Crippen LogP contribution in [0.4, 0.5) is 0 Å². The summed E-state index contributed by atoms with van der Waals surface area (Å²) >= 11 is 3.88. The maximum atomic E-state index is 12.8. The van der Waals surface area contributed by atoms with Crippen LogP contribution in [-0.4, -0.2) is 57.3 Å². The van der Waals surface area contributed by atoms with Crippen molar-refractivity contribution in [1.82, 2.24) is 10.2 Å². The van der Waals surface area contributed by atoms with Gasteiger partial charge in [-0.25, -0.2) is 0 Å². The molecule has 2 rings (SSSR count). The molecule has 0 bridgehead atoms. The van der Waals surface area contributed by atoms with E-state index in [9.17, 15) is 9.59 Å². The number of hydrogen-bond donors (Lipinski definition) is 1. The van der Waals surface area contributed by atoms with Gasteiger partial charge < -0.3 is 10.2 Å². The van der Waals surface area contributed by atoms with Crippen molar-refractivity contribution in [1.29, 1.82) is 0 Å². The summed E-state index contributed by atoms with van der Waals surface area (Å²) in [5, 5.41) is 3.38. The second-order valence-electron chi connectivity index (χ2n) is 5.62. The van der Waals surface area contributed by atoms with Gasteiger partial charge in [0.15, 0.2) is 0 Å². The summed E-state index contributed by atoms with van der Waals surface area (Å²) in [6.07, 6.45) is 1.32. The Morgan fingerprint density at radius 3 is 2.65 bits per heavy atom. The van der Waals surface area contributed by atoms with Crippen molar-refractivity contribution >= 4 is 35.3 Å². The summed E-state index contributed by atoms with van der Waals surface area (Å²) in [6, 6.07) is -0.297. The Kier molecular flexibility index (Phi) is 5.29. The Balaban J connectivity index is 2.15. The largest absolute Gasteiger partial charge is 0.340 e. The lowest BCUT2D eigenvalue weighted by atomic mass is 9.91. The standard InChI is InChI=1S/C14H24N2O2S2/c1-4-11-12(17)15-14(3,5-2)13(18)16(11)8-10-9-19-6-7-20-10/h10-11H,4-9H2,1-3H3,(H,15,17). The fourth-order valence-electron chi connectivity index (χ4n) is 2.73. The van der Waals surface area contributed by atoms with Crippen LogP contribution in [0.5, 0.6) is 0 Å².